The number of methoxy groups -OCH3 is 3. The van der Waals surface area contributed by atoms with E-state index >= 15 is 0 Å². The van der Waals surface area contributed by atoms with Gasteiger partial charge >= 0.3 is 0 Å². The molecular formula is C15H16N4O4. The highest BCUT2D eigenvalue weighted by Crippen LogP contribution is 2.41. The number of hydrogen-bond donors (Lipinski definition) is 0. The summed E-state index contributed by atoms with van der Waals surface area (Å²) in [7, 11) is 6.26. The summed E-state index contributed by atoms with van der Waals surface area (Å²) in [6, 6.07) is 3.32. The molecule has 8 nitrogen and oxygen atoms in total. The molecule has 3 aromatic rings. The highest BCUT2D eigenvalue weighted by Gasteiger charge is 2.20. The molecule has 8 heteroatoms. The molecule has 23 heavy (non-hydrogen) atoms. The Morgan fingerprint density at radius 2 is 1.83 bits per heavy atom. The smallest absolute Gasteiger partial charge is 0.267 e. The predicted octanol–water partition coefficient (Wildman–Crippen LogP) is 1.14. The molecule has 0 N–H and O–H groups in total. The molecule has 0 saturated heterocycles. The van der Waals surface area contributed by atoms with Crippen molar-refractivity contribution in [3.05, 3.63) is 35.0 Å². The fraction of sp³-hybridized carbons (Fsp3) is 0.267. The van der Waals surface area contributed by atoms with E-state index in [-0.39, 0.29) is 5.56 Å². The summed E-state index contributed by atoms with van der Waals surface area (Å²) in [6.07, 6.45) is 3.17. The first-order valence-corrected chi connectivity index (χ1v) is 6.81. The minimum absolute atomic E-state index is 0.270. The lowest BCUT2D eigenvalue weighted by Gasteiger charge is -2.14. The largest absolute Gasteiger partial charge is 0.493 e. The van der Waals surface area contributed by atoms with Crippen LogP contribution in [-0.4, -0.2) is 40.7 Å². The Hall–Kier alpha value is -3.03. The molecule has 3 rings (SSSR count). The Morgan fingerprint density at radius 1 is 1.09 bits per heavy atom. The van der Waals surface area contributed by atoms with Crippen molar-refractivity contribution in [3.63, 3.8) is 0 Å². The quantitative estimate of drug-likeness (QED) is 0.718. The maximum absolute atomic E-state index is 12.8. The van der Waals surface area contributed by atoms with Crippen molar-refractivity contribution in [3.8, 4) is 23.1 Å². The molecule has 120 valence electrons. The lowest BCUT2D eigenvalue weighted by Crippen LogP contribution is -2.20. The van der Waals surface area contributed by atoms with E-state index in [1.165, 1.54) is 32.2 Å². The van der Waals surface area contributed by atoms with Crippen LogP contribution in [0.15, 0.2) is 29.5 Å². The average molecular weight is 316 g/mol. The van der Waals surface area contributed by atoms with Crippen molar-refractivity contribution in [2.75, 3.05) is 21.3 Å². The first kappa shape index (κ1) is 14.9. The second-order valence-electron chi connectivity index (χ2n) is 4.81. The predicted molar refractivity (Wildman–Crippen MR) is 83.8 cm³/mol. The van der Waals surface area contributed by atoms with Gasteiger partial charge in [0.2, 0.25) is 5.75 Å². The molecule has 0 saturated carbocycles. The average Bonchev–Trinajstić information content (AvgIpc) is 2.99. The minimum atomic E-state index is -0.270. The Morgan fingerprint density at radius 3 is 2.39 bits per heavy atom. The Bertz CT molecular complexity index is 929. The highest BCUT2D eigenvalue weighted by molar-refractivity contribution is 5.89. The van der Waals surface area contributed by atoms with E-state index in [1.807, 2.05) is 0 Å². The third kappa shape index (κ3) is 2.28. The third-order valence-corrected chi connectivity index (χ3v) is 3.50. The molecule has 0 radical (unpaired) electrons. The number of aryl methyl sites for hydroxylation is 1. The van der Waals surface area contributed by atoms with Gasteiger partial charge in [0, 0.05) is 19.3 Å². The number of ether oxygens (including phenoxy) is 3. The Kier molecular flexibility index (Phi) is 3.65. The zero-order valence-corrected chi connectivity index (χ0v) is 13.2. The van der Waals surface area contributed by atoms with Crippen molar-refractivity contribution in [2.45, 2.75) is 0 Å². The number of nitrogens with zero attached hydrogens (tertiary/aromatic N) is 4. The second kappa shape index (κ2) is 5.64. The van der Waals surface area contributed by atoms with Gasteiger partial charge in [0.15, 0.2) is 17.3 Å². The number of rotatable bonds is 4. The van der Waals surface area contributed by atoms with Crippen LogP contribution in [0.5, 0.6) is 17.2 Å². The van der Waals surface area contributed by atoms with Gasteiger partial charge in [0.05, 0.1) is 26.7 Å². The van der Waals surface area contributed by atoms with Gasteiger partial charge in [-0.25, -0.2) is 9.55 Å². The number of benzene rings is 1. The zero-order chi connectivity index (χ0) is 16.6. The monoisotopic (exact) mass is 316 g/mol. The molecule has 0 aliphatic rings. The van der Waals surface area contributed by atoms with E-state index in [1.54, 1.807) is 30.1 Å². The van der Waals surface area contributed by atoms with E-state index in [4.69, 9.17) is 14.2 Å². The van der Waals surface area contributed by atoms with Crippen LogP contribution in [0, 0.1) is 0 Å². The summed E-state index contributed by atoms with van der Waals surface area (Å²) < 4.78 is 18.9. The maximum atomic E-state index is 12.8. The first-order chi connectivity index (χ1) is 11.1. The van der Waals surface area contributed by atoms with Gasteiger partial charge in [-0.3, -0.25) is 9.48 Å². The van der Waals surface area contributed by atoms with E-state index in [2.05, 4.69) is 10.1 Å². The lowest BCUT2D eigenvalue weighted by molar-refractivity contribution is 0.326. The third-order valence-electron chi connectivity index (χ3n) is 3.50. The summed E-state index contributed by atoms with van der Waals surface area (Å²) in [5.74, 6) is 1.63. The molecule has 0 unspecified atom stereocenters. The highest BCUT2D eigenvalue weighted by atomic mass is 16.5. The summed E-state index contributed by atoms with van der Waals surface area (Å²) in [4.78, 5) is 17.1. The van der Waals surface area contributed by atoms with Gasteiger partial charge in [-0.1, -0.05) is 0 Å². The molecule has 0 atom stereocenters. The van der Waals surface area contributed by atoms with Gasteiger partial charge in [-0.2, -0.15) is 5.10 Å². The van der Waals surface area contributed by atoms with Gasteiger partial charge in [0.1, 0.15) is 11.8 Å². The summed E-state index contributed by atoms with van der Waals surface area (Å²) >= 11 is 0. The van der Waals surface area contributed by atoms with Crippen molar-refractivity contribution >= 4 is 10.9 Å². The van der Waals surface area contributed by atoms with E-state index < -0.39 is 0 Å². The van der Waals surface area contributed by atoms with Crippen molar-refractivity contribution in [1.29, 1.82) is 0 Å². The standard InChI is InChI=1S/C15H16N4O4/c1-18-6-5-11(17-18)19-8-16-12-9(15(19)20)7-10(21-2)13(22-3)14(12)23-4/h5-8H,1-4H3. The Balaban J connectivity index is 2.36. The molecule has 1 aromatic carbocycles. The first-order valence-electron chi connectivity index (χ1n) is 6.81. The van der Waals surface area contributed by atoms with Crippen LogP contribution >= 0.6 is 0 Å². The van der Waals surface area contributed by atoms with Crippen molar-refractivity contribution < 1.29 is 14.2 Å². The zero-order valence-electron chi connectivity index (χ0n) is 13.2. The van der Waals surface area contributed by atoms with Crippen LogP contribution in [0.2, 0.25) is 0 Å². The summed E-state index contributed by atoms with van der Waals surface area (Å²) in [5, 5.41) is 4.57. The van der Waals surface area contributed by atoms with E-state index in [0.29, 0.717) is 34.0 Å². The van der Waals surface area contributed by atoms with Crippen LogP contribution in [0.3, 0.4) is 0 Å². The van der Waals surface area contributed by atoms with Crippen LogP contribution in [-0.2, 0) is 7.05 Å². The van der Waals surface area contributed by atoms with Gasteiger partial charge in [-0.05, 0) is 6.07 Å². The molecule has 0 amide bonds. The SMILES string of the molecule is COc1cc2c(=O)n(-c3ccn(C)n3)cnc2c(OC)c1OC. The van der Waals surface area contributed by atoms with Crippen molar-refractivity contribution in [1.82, 2.24) is 19.3 Å². The van der Waals surface area contributed by atoms with Gasteiger partial charge < -0.3 is 14.2 Å². The molecule has 0 aliphatic heterocycles. The molecule has 0 spiro atoms. The second-order valence-corrected chi connectivity index (χ2v) is 4.81. The fourth-order valence-corrected chi connectivity index (χ4v) is 2.42. The lowest BCUT2D eigenvalue weighted by atomic mass is 10.2. The topological polar surface area (TPSA) is 80.4 Å². The number of fused-ring (bicyclic) bond motifs is 1. The molecule has 2 heterocycles. The van der Waals surface area contributed by atoms with Gasteiger partial charge in [0.25, 0.3) is 5.56 Å². The molecule has 0 fully saturated rings. The molecular weight excluding hydrogens is 300 g/mol. The number of hydrogen-bond acceptors (Lipinski definition) is 6. The normalized spacial score (nSPS) is 10.8. The molecule has 2 aromatic heterocycles. The molecule has 0 aliphatic carbocycles. The van der Waals surface area contributed by atoms with Crippen LogP contribution in [0.4, 0.5) is 0 Å². The van der Waals surface area contributed by atoms with Crippen LogP contribution in [0.25, 0.3) is 16.7 Å². The summed E-state index contributed by atoms with van der Waals surface area (Å²) in [6.45, 7) is 0. The fourth-order valence-electron chi connectivity index (χ4n) is 2.42. The van der Waals surface area contributed by atoms with Crippen LogP contribution in [0.1, 0.15) is 0 Å². The maximum Gasteiger partial charge on any atom is 0.267 e. The van der Waals surface area contributed by atoms with Crippen molar-refractivity contribution in [2.24, 2.45) is 7.05 Å². The van der Waals surface area contributed by atoms with Crippen LogP contribution < -0.4 is 19.8 Å². The van der Waals surface area contributed by atoms with E-state index in [9.17, 15) is 4.79 Å². The number of aromatic nitrogens is 4. The van der Waals surface area contributed by atoms with Gasteiger partial charge in [-0.15, -0.1) is 0 Å². The minimum Gasteiger partial charge on any atom is -0.493 e. The Labute approximate surface area is 131 Å². The summed E-state index contributed by atoms with van der Waals surface area (Å²) in [5.41, 5.74) is 0.135. The van der Waals surface area contributed by atoms with E-state index in [0.717, 1.165) is 0 Å². The molecule has 0 bridgehead atoms.